The fraction of sp³-hybridized carbons (Fsp3) is 0.192. The van der Waals surface area contributed by atoms with Crippen molar-refractivity contribution in [1.29, 1.82) is 5.26 Å². The van der Waals surface area contributed by atoms with E-state index in [0.717, 1.165) is 10.9 Å². The van der Waals surface area contributed by atoms with E-state index in [1.54, 1.807) is 30.5 Å². The van der Waals surface area contributed by atoms with E-state index in [2.05, 4.69) is 21.2 Å². The van der Waals surface area contributed by atoms with Crippen LogP contribution in [-0.2, 0) is 0 Å². The lowest BCUT2D eigenvalue weighted by Crippen LogP contribution is -2.54. The molecule has 172 valence electrons. The maximum Gasteiger partial charge on any atom is 0.254 e. The number of carbonyl (C=O) groups excluding carboxylic acids is 1. The molecule has 0 saturated carbocycles. The molecule has 0 N–H and O–H groups in total. The number of rotatable bonds is 3. The number of anilines is 1. The molecular formula is C26H21N7O2. The Morgan fingerprint density at radius 1 is 1.09 bits per heavy atom. The first-order valence-corrected chi connectivity index (χ1v) is 11.4. The number of carbonyl (C=O) groups is 1. The normalized spacial score (nSPS) is 16.1. The van der Waals surface area contributed by atoms with E-state index in [4.69, 9.17) is 9.40 Å². The molecule has 1 fully saturated rings. The van der Waals surface area contributed by atoms with E-state index in [0.29, 0.717) is 53.9 Å². The molecule has 0 radical (unpaired) electrons. The number of piperazine rings is 1. The Morgan fingerprint density at radius 3 is 2.77 bits per heavy atom. The maximum atomic E-state index is 13.2. The Hall–Kier alpha value is -4.71. The molecule has 35 heavy (non-hydrogen) atoms. The highest BCUT2D eigenvalue weighted by molar-refractivity contribution is 5.95. The molecule has 3 aromatic heterocycles. The standard InChI is InChI=1S/C26H21N7O2/c1-17-16-31(11-12-32(17)25(34)19-7-4-6-18(14-19)15-27)26-28-21-9-3-2-8-20(21)23-29-30-24(33(23)26)22-10-5-13-35-22/h2-10,13-14,17H,11-12,16H2,1H3. The van der Waals surface area contributed by atoms with Crippen LogP contribution >= 0.6 is 0 Å². The van der Waals surface area contributed by atoms with Crippen LogP contribution in [-0.4, -0.2) is 56.1 Å². The third-order valence-electron chi connectivity index (χ3n) is 6.38. The van der Waals surface area contributed by atoms with Crippen LogP contribution in [0.2, 0.25) is 0 Å². The Labute approximate surface area is 200 Å². The minimum atomic E-state index is -0.0774. The summed E-state index contributed by atoms with van der Waals surface area (Å²) in [6.45, 7) is 3.71. The molecule has 1 aliphatic rings. The second kappa shape index (κ2) is 8.25. The highest BCUT2D eigenvalue weighted by Gasteiger charge is 2.31. The van der Waals surface area contributed by atoms with Gasteiger partial charge in [0.15, 0.2) is 11.4 Å². The van der Waals surface area contributed by atoms with Gasteiger partial charge in [-0.15, -0.1) is 10.2 Å². The Bertz CT molecular complexity index is 1600. The van der Waals surface area contributed by atoms with E-state index >= 15 is 0 Å². The first-order valence-electron chi connectivity index (χ1n) is 11.4. The number of hydrogen-bond donors (Lipinski definition) is 0. The van der Waals surface area contributed by atoms with E-state index < -0.39 is 0 Å². The quantitative estimate of drug-likeness (QED) is 0.401. The minimum Gasteiger partial charge on any atom is -0.461 e. The van der Waals surface area contributed by atoms with Gasteiger partial charge in [-0.05, 0) is 49.4 Å². The number of nitriles is 1. The fourth-order valence-corrected chi connectivity index (χ4v) is 4.67. The van der Waals surface area contributed by atoms with Crippen molar-refractivity contribution in [3.63, 3.8) is 0 Å². The van der Waals surface area contributed by atoms with Crippen LogP contribution in [0.4, 0.5) is 5.95 Å². The number of furan rings is 1. The predicted molar refractivity (Wildman–Crippen MR) is 130 cm³/mol. The largest absolute Gasteiger partial charge is 0.461 e. The summed E-state index contributed by atoms with van der Waals surface area (Å²) < 4.78 is 7.56. The zero-order chi connectivity index (χ0) is 23.9. The predicted octanol–water partition coefficient (Wildman–Crippen LogP) is 3.76. The third-order valence-corrected chi connectivity index (χ3v) is 6.38. The minimum absolute atomic E-state index is 0.0751. The molecule has 4 heterocycles. The molecule has 1 aliphatic heterocycles. The van der Waals surface area contributed by atoms with Crippen molar-refractivity contribution in [3.05, 3.63) is 78.1 Å². The molecule has 5 aromatic rings. The number of para-hydroxylation sites is 1. The van der Waals surface area contributed by atoms with Crippen molar-refractivity contribution in [2.75, 3.05) is 24.5 Å². The first-order chi connectivity index (χ1) is 17.1. The number of hydrogen-bond acceptors (Lipinski definition) is 7. The summed E-state index contributed by atoms with van der Waals surface area (Å²) in [5.74, 6) is 1.82. The van der Waals surface area contributed by atoms with Gasteiger partial charge in [-0.3, -0.25) is 4.79 Å². The van der Waals surface area contributed by atoms with E-state index in [-0.39, 0.29) is 11.9 Å². The Balaban J connectivity index is 1.38. The van der Waals surface area contributed by atoms with Crippen LogP contribution in [0.15, 0.2) is 71.3 Å². The number of nitrogens with zero attached hydrogens (tertiary/aromatic N) is 7. The van der Waals surface area contributed by atoms with Crippen molar-refractivity contribution < 1.29 is 9.21 Å². The third kappa shape index (κ3) is 3.47. The van der Waals surface area contributed by atoms with Gasteiger partial charge in [-0.25, -0.2) is 9.38 Å². The Morgan fingerprint density at radius 2 is 1.97 bits per heavy atom. The van der Waals surface area contributed by atoms with Crippen molar-refractivity contribution in [2.45, 2.75) is 13.0 Å². The monoisotopic (exact) mass is 463 g/mol. The van der Waals surface area contributed by atoms with Gasteiger partial charge < -0.3 is 14.2 Å². The van der Waals surface area contributed by atoms with Gasteiger partial charge in [0, 0.05) is 36.6 Å². The molecule has 9 heteroatoms. The van der Waals surface area contributed by atoms with Crippen molar-refractivity contribution in [1.82, 2.24) is 24.5 Å². The van der Waals surface area contributed by atoms with Crippen LogP contribution in [0.5, 0.6) is 0 Å². The highest BCUT2D eigenvalue weighted by Crippen LogP contribution is 2.30. The second-order valence-electron chi connectivity index (χ2n) is 8.58. The van der Waals surface area contributed by atoms with Crippen LogP contribution in [0, 0.1) is 11.3 Å². The van der Waals surface area contributed by atoms with Gasteiger partial charge in [0.05, 0.1) is 23.4 Å². The molecule has 2 aromatic carbocycles. The lowest BCUT2D eigenvalue weighted by molar-refractivity contribution is 0.0673. The van der Waals surface area contributed by atoms with Gasteiger partial charge in [0.25, 0.3) is 5.91 Å². The zero-order valence-corrected chi connectivity index (χ0v) is 19.0. The molecule has 0 aliphatic carbocycles. The summed E-state index contributed by atoms with van der Waals surface area (Å²) in [5, 5.41) is 19.0. The summed E-state index contributed by atoms with van der Waals surface area (Å²) in [7, 11) is 0. The maximum absolute atomic E-state index is 13.2. The topological polar surface area (TPSA) is 104 Å². The summed E-state index contributed by atoms with van der Waals surface area (Å²) in [5.41, 5.74) is 2.53. The van der Waals surface area contributed by atoms with E-state index in [1.165, 1.54) is 0 Å². The van der Waals surface area contributed by atoms with Gasteiger partial charge >= 0.3 is 0 Å². The number of benzene rings is 2. The molecular weight excluding hydrogens is 442 g/mol. The average molecular weight is 464 g/mol. The van der Waals surface area contributed by atoms with Crippen molar-refractivity contribution >= 4 is 28.4 Å². The summed E-state index contributed by atoms with van der Waals surface area (Å²) in [6.07, 6.45) is 1.61. The smallest absolute Gasteiger partial charge is 0.254 e. The Kier molecular flexibility index (Phi) is 4.92. The zero-order valence-electron chi connectivity index (χ0n) is 19.0. The molecule has 0 spiro atoms. The van der Waals surface area contributed by atoms with Gasteiger partial charge in [0.2, 0.25) is 11.8 Å². The molecule has 6 rings (SSSR count). The summed E-state index contributed by atoms with van der Waals surface area (Å²) in [4.78, 5) is 22.2. The number of fused-ring (bicyclic) bond motifs is 3. The van der Waals surface area contributed by atoms with Gasteiger partial charge in [-0.1, -0.05) is 18.2 Å². The van der Waals surface area contributed by atoms with Crippen LogP contribution < -0.4 is 4.90 Å². The summed E-state index contributed by atoms with van der Waals surface area (Å²) >= 11 is 0. The fourth-order valence-electron chi connectivity index (χ4n) is 4.67. The molecule has 0 bridgehead atoms. The van der Waals surface area contributed by atoms with Crippen molar-refractivity contribution in [2.24, 2.45) is 0 Å². The first kappa shape index (κ1) is 20.9. The molecule has 1 atom stereocenters. The van der Waals surface area contributed by atoms with E-state index in [1.807, 2.05) is 52.6 Å². The van der Waals surface area contributed by atoms with Crippen LogP contribution in [0.1, 0.15) is 22.8 Å². The second-order valence-corrected chi connectivity index (χ2v) is 8.58. The average Bonchev–Trinajstić information content (AvgIpc) is 3.58. The summed E-state index contributed by atoms with van der Waals surface area (Å²) in [6, 6.07) is 20.4. The number of amides is 1. The molecule has 9 nitrogen and oxygen atoms in total. The molecule has 1 amide bonds. The number of aromatic nitrogens is 4. The van der Waals surface area contributed by atoms with Gasteiger partial charge in [-0.2, -0.15) is 5.26 Å². The molecule has 1 saturated heterocycles. The lowest BCUT2D eigenvalue weighted by atomic mass is 10.1. The highest BCUT2D eigenvalue weighted by atomic mass is 16.3. The van der Waals surface area contributed by atoms with Crippen LogP contribution in [0.25, 0.3) is 28.1 Å². The lowest BCUT2D eigenvalue weighted by Gasteiger charge is -2.40. The van der Waals surface area contributed by atoms with Crippen LogP contribution in [0.3, 0.4) is 0 Å². The van der Waals surface area contributed by atoms with Crippen molar-refractivity contribution in [3.8, 4) is 17.7 Å². The van der Waals surface area contributed by atoms with E-state index in [9.17, 15) is 10.1 Å². The molecule has 1 unspecified atom stereocenters. The van der Waals surface area contributed by atoms with Gasteiger partial charge in [0.1, 0.15) is 0 Å². The SMILES string of the molecule is CC1CN(c2nc3ccccc3c3nnc(-c4ccco4)n23)CCN1C(=O)c1cccc(C#N)c1.